The molecule has 1 unspecified atom stereocenters. The summed E-state index contributed by atoms with van der Waals surface area (Å²) in [6.07, 6.45) is 21.7. The monoisotopic (exact) mass is 437 g/mol. The number of nitrogens with two attached hydrogens (primary N) is 1. The van der Waals surface area contributed by atoms with Crippen LogP contribution in [0.5, 0.6) is 0 Å². The lowest BCUT2D eigenvalue weighted by atomic mass is 10.0. The van der Waals surface area contributed by atoms with E-state index in [9.17, 15) is 9.59 Å². The number of amides is 2. The van der Waals surface area contributed by atoms with Crippen LogP contribution in [0.4, 0.5) is 0 Å². The van der Waals surface area contributed by atoms with E-state index < -0.39 is 0 Å². The summed E-state index contributed by atoms with van der Waals surface area (Å²) in [6.45, 7) is 4.43. The van der Waals surface area contributed by atoms with Crippen molar-refractivity contribution in [3.8, 4) is 0 Å². The first kappa shape index (κ1) is 27.9. The van der Waals surface area contributed by atoms with E-state index in [1.165, 1.54) is 64.2 Å². The molecule has 1 heterocycles. The quantitative estimate of drug-likeness (QED) is 0.254. The van der Waals surface area contributed by atoms with Crippen LogP contribution in [0.1, 0.15) is 129 Å². The van der Waals surface area contributed by atoms with Crippen molar-refractivity contribution in [2.75, 3.05) is 19.6 Å². The molecule has 1 rings (SSSR count). The Kier molecular flexibility index (Phi) is 17.6. The fraction of sp³-hybridized carbons (Fsp3) is 0.923. The summed E-state index contributed by atoms with van der Waals surface area (Å²) in [7, 11) is 0. The zero-order valence-corrected chi connectivity index (χ0v) is 20.5. The molecule has 0 aromatic heterocycles. The predicted octanol–water partition coefficient (Wildman–Crippen LogP) is 5.70. The highest BCUT2D eigenvalue weighted by molar-refractivity contribution is 5.77. The van der Waals surface area contributed by atoms with Crippen molar-refractivity contribution in [1.29, 1.82) is 0 Å². The van der Waals surface area contributed by atoms with Gasteiger partial charge in [0.15, 0.2) is 0 Å². The maximum absolute atomic E-state index is 12.8. The molecule has 1 atom stereocenters. The molecule has 0 aromatic rings. The van der Waals surface area contributed by atoms with Crippen LogP contribution < -0.4 is 11.1 Å². The van der Waals surface area contributed by atoms with Crippen LogP contribution in [-0.4, -0.2) is 42.4 Å². The highest BCUT2D eigenvalue weighted by Crippen LogP contribution is 2.19. The van der Waals surface area contributed by atoms with E-state index >= 15 is 0 Å². The van der Waals surface area contributed by atoms with Gasteiger partial charge in [0, 0.05) is 32.0 Å². The largest absolute Gasteiger partial charge is 0.354 e. The van der Waals surface area contributed by atoms with Gasteiger partial charge in [-0.3, -0.25) is 9.59 Å². The van der Waals surface area contributed by atoms with E-state index in [-0.39, 0.29) is 17.9 Å². The van der Waals surface area contributed by atoms with E-state index in [0.717, 1.165) is 51.5 Å². The molecule has 1 saturated heterocycles. The van der Waals surface area contributed by atoms with Gasteiger partial charge in [-0.2, -0.15) is 0 Å². The number of carbonyl (C=O) groups excluding carboxylic acids is 2. The van der Waals surface area contributed by atoms with Crippen molar-refractivity contribution in [3.05, 3.63) is 0 Å². The van der Waals surface area contributed by atoms with Crippen LogP contribution in [0.3, 0.4) is 0 Å². The van der Waals surface area contributed by atoms with Gasteiger partial charge in [0.1, 0.15) is 0 Å². The molecular formula is C26H51N3O2. The lowest BCUT2D eigenvalue weighted by Crippen LogP contribution is -2.49. The minimum Gasteiger partial charge on any atom is -0.354 e. The second kappa shape index (κ2) is 19.6. The number of nitrogens with one attached hydrogen (secondary N) is 1. The molecule has 1 fully saturated rings. The second-order valence-electron chi connectivity index (χ2n) is 9.43. The summed E-state index contributed by atoms with van der Waals surface area (Å²) in [5, 5.41) is 3.06. The summed E-state index contributed by atoms with van der Waals surface area (Å²) in [6, 6.07) is 0.182. The highest BCUT2D eigenvalue weighted by Gasteiger charge is 2.26. The Morgan fingerprint density at radius 1 is 0.806 bits per heavy atom. The SMILES string of the molecule is CCCCCCCCCCCCCC(=O)N1CCCCC1CNC(=O)CCCCCN. The predicted molar refractivity (Wildman–Crippen MR) is 131 cm³/mol. The average molecular weight is 438 g/mol. The molecule has 0 radical (unpaired) electrons. The van der Waals surface area contributed by atoms with Crippen molar-refractivity contribution < 1.29 is 9.59 Å². The molecule has 0 spiro atoms. The lowest BCUT2D eigenvalue weighted by Gasteiger charge is -2.36. The Bertz CT molecular complexity index is 456. The van der Waals surface area contributed by atoms with Crippen molar-refractivity contribution in [2.45, 2.75) is 135 Å². The summed E-state index contributed by atoms with van der Waals surface area (Å²) >= 11 is 0. The Balaban J connectivity index is 2.11. The molecule has 3 N–H and O–H groups in total. The summed E-state index contributed by atoms with van der Waals surface area (Å²) in [5.74, 6) is 0.401. The lowest BCUT2D eigenvalue weighted by molar-refractivity contribution is -0.135. The number of unbranched alkanes of at least 4 members (excludes halogenated alkanes) is 12. The van der Waals surface area contributed by atoms with Gasteiger partial charge < -0.3 is 16.0 Å². The molecule has 0 aromatic carbocycles. The van der Waals surface area contributed by atoms with Crippen LogP contribution in [0.15, 0.2) is 0 Å². The van der Waals surface area contributed by atoms with Gasteiger partial charge in [-0.25, -0.2) is 0 Å². The van der Waals surface area contributed by atoms with Gasteiger partial charge in [0.25, 0.3) is 0 Å². The Morgan fingerprint density at radius 2 is 1.39 bits per heavy atom. The van der Waals surface area contributed by atoms with Crippen LogP contribution in [-0.2, 0) is 9.59 Å². The summed E-state index contributed by atoms with van der Waals surface area (Å²) in [4.78, 5) is 26.9. The minimum absolute atomic E-state index is 0.111. The molecule has 1 aliphatic heterocycles. The van der Waals surface area contributed by atoms with Crippen LogP contribution in [0, 0.1) is 0 Å². The first-order valence-corrected chi connectivity index (χ1v) is 13.4. The van der Waals surface area contributed by atoms with Crippen molar-refractivity contribution >= 4 is 11.8 Å². The molecule has 1 aliphatic rings. The molecule has 5 heteroatoms. The van der Waals surface area contributed by atoms with Crippen LogP contribution in [0.25, 0.3) is 0 Å². The first-order valence-electron chi connectivity index (χ1n) is 13.4. The molecule has 5 nitrogen and oxygen atoms in total. The molecule has 2 amide bonds. The minimum atomic E-state index is 0.111. The molecule has 0 bridgehead atoms. The second-order valence-corrected chi connectivity index (χ2v) is 9.43. The number of piperidine rings is 1. The zero-order valence-electron chi connectivity index (χ0n) is 20.5. The normalized spacial score (nSPS) is 16.5. The van der Waals surface area contributed by atoms with E-state index in [4.69, 9.17) is 5.73 Å². The topological polar surface area (TPSA) is 75.4 Å². The smallest absolute Gasteiger partial charge is 0.222 e. The van der Waals surface area contributed by atoms with Gasteiger partial charge in [0.2, 0.25) is 11.8 Å². The molecule has 0 saturated carbocycles. The summed E-state index contributed by atoms with van der Waals surface area (Å²) in [5.41, 5.74) is 5.50. The number of carbonyl (C=O) groups is 2. The van der Waals surface area contributed by atoms with Crippen molar-refractivity contribution in [1.82, 2.24) is 10.2 Å². The Labute approximate surface area is 192 Å². The van der Waals surface area contributed by atoms with Gasteiger partial charge in [-0.1, -0.05) is 77.6 Å². The average Bonchev–Trinajstić information content (AvgIpc) is 2.79. The number of likely N-dealkylation sites (tertiary alicyclic amines) is 1. The van der Waals surface area contributed by atoms with Gasteiger partial charge in [-0.15, -0.1) is 0 Å². The van der Waals surface area contributed by atoms with Gasteiger partial charge in [0.05, 0.1) is 0 Å². The van der Waals surface area contributed by atoms with Crippen LogP contribution in [0.2, 0.25) is 0 Å². The zero-order chi connectivity index (χ0) is 22.6. The Hall–Kier alpha value is -1.10. The number of hydrogen-bond donors (Lipinski definition) is 2. The number of nitrogens with zero attached hydrogens (tertiary/aromatic N) is 1. The third-order valence-electron chi connectivity index (χ3n) is 6.58. The maximum atomic E-state index is 12.8. The van der Waals surface area contributed by atoms with E-state index in [1.807, 2.05) is 0 Å². The first-order chi connectivity index (χ1) is 15.2. The molecule has 182 valence electrons. The highest BCUT2D eigenvalue weighted by atomic mass is 16.2. The third-order valence-corrected chi connectivity index (χ3v) is 6.58. The fourth-order valence-electron chi connectivity index (χ4n) is 4.55. The Morgan fingerprint density at radius 3 is 2.03 bits per heavy atom. The molecule has 31 heavy (non-hydrogen) atoms. The van der Waals surface area contributed by atoms with E-state index in [0.29, 0.717) is 25.9 Å². The summed E-state index contributed by atoms with van der Waals surface area (Å²) < 4.78 is 0. The standard InChI is InChI=1S/C26H51N3O2/c1-2-3-4-5-6-7-8-9-10-11-14-20-26(31)29-22-17-15-18-24(29)23-28-25(30)19-13-12-16-21-27/h24H,2-23,27H2,1H3,(H,28,30). The van der Waals surface area contributed by atoms with Gasteiger partial charge >= 0.3 is 0 Å². The number of rotatable bonds is 19. The third kappa shape index (κ3) is 14.6. The van der Waals surface area contributed by atoms with Crippen molar-refractivity contribution in [3.63, 3.8) is 0 Å². The fourth-order valence-corrected chi connectivity index (χ4v) is 4.55. The van der Waals surface area contributed by atoms with E-state index in [2.05, 4.69) is 17.1 Å². The maximum Gasteiger partial charge on any atom is 0.222 e. The number of hydrogen-bond acceptors (Lipinski definition) is 3. The van der Waals surface area contributed by atoms with Crippen LogP contribution >= 0.6 is 0 Å². The van der Waals surface area contributed by atoms with Gasteiger partial charge in [-0.05, 0) is 45.1 Å². The molecular weight excluding hydrogens is 386 g/mol. The van der Waals surface area contributed by atoms with Crippen molar-refractivity contribution in [2.24, 2.45) is 5.73 Å². The molecule has 0 aliphatic carbocycles. The van der Waals surface area contributed by atoms with E-state index in [1.54, 1.807) is 0 Å².